The third-order valence-corrected chi connectivity index (χ3v) is 5.80. The summed E-state index contributed by atoms with van der Waals surface area (Å²) in [7, 11) is 3.82. The Morgan fingerprint density at radius 1 is 0.941 bits per heavy atom. The summed E-state index contributed by atoms with van der Waals surface area (Å²) in [4.78, 5) is 29.6. The SMILES string of the molecule is CN(C)CCN1C(=O)C(=O)C(=C(O)c2ccccc2)C1c1cccc(OCc2ccccc2)c1. The first-order chi connectivity index (χ1) is 16.5. The molecule has 174 valence electrons. The Labute approximate surface area is 199 Å². The molecule has 34 heavy (non-hydrogen) atoms. The second-order valence-electron chi connectivity index (χ2n) is 8.51. The van der Waals surface area contributed by atoms with Gasteiger partial charge < -0.3 is 19.6 Å². The predicted octanol–water partition coefficient (Wildman–Crippen LogP) is 4.25. The Morgan fingerprint density at radius 2 is 1.62 bits per heavy atom. The molecule has 1 aliphatic rings. The lowest BCUT2D eigenvalue weighted by atomic mass is 9.95. The van der Waals surface area contributed by atoms with Crippen LogP contribution < -0.4 is 4.74 Å². The van der Waals surface area contributed by atoms with Gasteiger partial charge in [0.25, 0.3) is 11.7 Å². The summed E-state index contributed by atoms with van der Waals surface area (Å²) in [6.45, 7) is 1.33. The number of ketones is 1. The average molecular weight is 457 g/mol. The van der Waals surface area contributed by atoms with E-state index in [1.54, 1.807) is 24.3 Å². The van der Waals surface area contributed by atoms with Gasteiger partial charge in [-0.05, 0) is 37.4 Å². The van der Waals surface area contributed by atoms with Crippen LogP contribution in [-0.2, 0) is 16.2 Å². The van der Waals surface area contributed by atoms with E-state index in [2.05, 4.69) is 0 Å². The van der Waals surface area contributed by atoms with Crippen LogP contribution in [0.15, 0.2) is 90.5 Å². The maximum absolute atomic E-state index is 13.1. The second kappa shape index (κ2) is 10.4. The van der Waals surface area contributed by atoms with Gasteiger partial charge in [-0.3, -0.25) is 9.59 Å². The molecule has 1 atom stereocenters. The lowest BCUT2D eigenvalue weighted by Crippen LogP contribution is -2.35. The molecule has 3 aromatic carbocycles. The highest BCUT2D eigenvalue weighted by Gasteiger charge is 2.46. The third kappa shape index (κ3) is 5.02. The number of carbonyl (C=O) groups excluding carboxylic acids is 2. The standard InChI is InChI=1S/C28H28N2O4/c1-29(2)16-17-30-25(24(27(32)28(30)33)26(31)21-12-7-4-8-13-21)22-14-9-15-23(18-22)34-19-20-10-5-3-6-11-20/h3-15,18,25,31H,16-17,19H2,1-2H3. The van der Waals surface area contributed by atoms with E-state index in [9.17, 15) is 14.7 Å². The topological polar surface area (TPSA) is 70.1 Å². The lowest BCUT2D eigenvalue weighted by Gasteiger charge is -2.27. The van der Waals surface area contributed by atoms with E-state index in [0.717, 1.165) is 5.56 Å². The van der Waals surface area contributed by atoms with Gasteiger partial charge in [0, 0.05) is 18.7 Å². The monoisotopic (exact) mass is 456 g/mol. The van der Waals surface area contributed by atoms with E-state index < -0.39 is 17.7 Å². The Hall–Kier alpha value is -3.90. The maximum atomic E-state index is 13.1. The van der Waals surface area contributed by atoms with Gasteiger partial charge in [0.15, 0.2) is 0 Å². The first-order valence-corrected chi connectivity index (χ1v) is 11.2. The summed E-state index contributed by atoms with van der Waals surface area (Å²) >= 11 is 0. The Balaban J connectivity index is 1.72. The van der Waals surface area contributed by atoms with Crippen LogP contribution in [0.5, 0.6) is 5.75 Å². The quantitative estimate of drug-likeness (QED) is 0.312. The highest BCUT2D eigenvalue weighted by Crippen LogP contribution is 2.40. The molecule has 6 heteroatoms. The Morgan fingerprint density at radius 3 is 2.29 bits per heavy atom. The number of ether oxygens (including phenoxy) is 1. The highest BCUT2D eigenvalue weighted by molar-refractivity contribution is 6.46. The zero-order valence-electron chi connectivity index (χ0n) is 19.3. The van der Waals surface area contributed by atoms with E-state index >= 15 is 0 Å². The fourth-order valence-corrected chi connectivity index (χ4v) is 4.03. The van der Waals surface area contributed by atoms with Crippen LogP contribution in [0.25, 0.3) is 5.76 Å². The lowest BCUT2D eigenvalue weighted by molar-refractivity contribution is -0.140. The number of hydrogen-bond donors (Lipinski definition) is 1. The van der Waals surface area contributed by atoms with Gasteiger partial charge in [0.1, 0.15) is 18.1 Å². The highest BCUT2D eigenvalue weighted by atomic mass is 16.5. The number of aliphatic hydroxyl groups is 1. The first kappa shape index (κ1) is 23.3. The zero-order valence-corrected chi connectivity index (χ0v) is 19.3. The molecular formula is C28H28N2O4. The van der Waals surface area contributed by atoms with Crippen molar-refractivity contribution < 1.29 is 19.4 Å². The van der Waals surface area contributed by atoms with Crippen LogP contribution in [0.2, 0.25) is 0 Å². The van der Waals surface area contributed by atoms with Crippen molar-refractivity contribution in [3.05, 3.63) is 107 Å². The van der Waals surface area contributed by atoms with Crippen molar-refractivity contribution in [1.29, 1.82) is 0 Å². The zero-order chi connectivity index (χ0) is 24.1. The van der Waals surface area contributed by atoms with Gasteiger partial charge in [0.2, 0.25) is 0 Å². The number of likely N-dealkylation sites (N-methyl/N-ethyl adjacent to an activating group) is 1. The van der Waals surface area contributed by atoms with Crippen LogP contribution in [0.4, 0.5) is 0 Å². The molecule has 4 rings (SSSR count). The van der Waals surface area contributed by atoms with Gasteiger partial charge in [-0.15, -0.1) is 0 Å². The number of likely N-dealkylation sites (tertiary alicyclic amines) is 1. The number of carbonyl (C=O) groups is 2. The molecule has 0 spiro atoms. The van der Waals surface area contributed by atoms with Crippen molar-refractivity contribution >= 4 is 17.4 Å². The Bertz CT molecular complexity index is 1190. The van der Waals surface area contributed by atoms with Crippen molar-refractivity contribution in [2.75, 3.05) is 27.2 Å². The molecule has 1 fully saturated rings. The van der Waals surface area contributed by atoms with Gasteiger partial charge >= 0.3 is 0 Å². The van der Waals surface area contributed by atoms with Gasteiger partial charge in [-0.25, -0.2) is 0 Å². The van der Waals surface area contributed by atoms with Crippen molar-refractivity contribution in [3.63, 3.8) is 0 Å². The number of rotatable bonds is 8. The van der Waals surface area contributed by atoms with Crippen LogP contribution in [0.3, 0.4) is 0 Å². The number of amides is 1. The molecule has 0 bridgehead atoms. The average Bonchev–Trinajstić information content (AvgIpc) is 3.12. The largest absolute Gasteiger partial charge is 0.507 e. The van der Waals surface area contributed by atoms with Crippen molar-refractivity contribution in [2.45, 2.75) is 12.6 Å². The van der Waals surface area contributed by atoms with Crippen LogP contribution in [-0.4, -0.2) is 53.8 Å². The molecule has 0 aromatic heterocycles. The van der Waals surface area contributed by atoms with Crippen molar-refractivity contribution in [1.82, 2.24) is 9.80 Å². The third-order valence-electron chi connectivity index (χ3n) is 5.80. The Kier molecular flexibility index (Phi) is 7.09. The van der Waals surface area contributed by atoms with Crippen molar-refractivity contribution in [2.24, 2.45) is 0 Å². The minimum atomic E-state index is -0.708. The molecule has 1 saturated heterocycles. The molecule has 0 radical (unpaired) electrons. The minimum absolute atomic E-state index is 0.0927. The number of benzene rings is 3. The number of nitrogens with zero attached hydrogens (tertiary/aromatic N) is 2. The van der Waals surface area contributed by atoms with E-state index in [0.29, 0.717) is 36.6 Å². The van der Waals surface area contributed by atoms with Gasteiger partial charge in [-0.2, -0.15) is 0 Å². The molecule has 1 N–H and O–H groups in total. The summed E-state index contributed by atoms with van der Waals surface area (Å²) in [5, 5.41) is 11.1. The molecule has 6 nitrogen and oxygen atoms in total. The molecule has 1 aliphatic heterocycles. The first-order valence-electron chi connectivity index (χ1n) is 11.2. The summed E-state index contributed by atoms with van der Waals surface area (Å²) < 4.78 is 5.98. The number of Topliss-reactive ketones (excluding diaryl/α,β-unsaturated/α-hetero) is 1. The summed E-state index contributed by atoms with van der Waals surface area (Å²) in [6, 6.07) is 25.3. The van der Waals surface area contributed by atoms with Crippen LogP contribution in [0, 0.1) is 0 Å². The van der Waals surface area contributed by atoms with Gasteiger partial charge in [-0.1, -0.05) is 72.8 Å². The molecule has 1 heterocycles. The van der Waals surface area contributed by atoms with Crippen LogP contribution in [0.1, 0.15) is 22.7 Å². The summed E-state index contributed by atoms with van der Waals surface area (Å²) in [6.07, 6.45) is 0. The molecule has 1 amide bonds. The minimum Gasteiger partial charge on any atom is -0.507 e. The summed E-state index contributed by atoms with van der Waals surface area (Å²) in [5.41, 5.74) is 2.33. The van der Waals surface area contributed by atoms with E-state index in [1.807, 2.05) is 79.7 Å². The molecule has 0 aliphatic carbocycles. The van der Waals surface area contributed by atoms with Crippen molar-refractivity contribution in [3.8, 4) is 5.75 Å². The van der Waals surface area contributed by atoms with E-state index in [4.69, 9.17) is 4.74 Å². The second-order valence-corrected chi connectivity index (χ2v) is 8.51. The smallest absolute Gasteiger partial charge is 0.295 e. The molecule has 3 aromatic rings. The summed E-state index contributed by atoms with van der Waals surface area (Å²) in [5.74, 6) is -0.841. The van der Waals surface area contributed by atoms with Gasteiger partial charge in [0.05, 0.1) is 11.6 Å². The normalized spacial score (nSPS) is 17.4. The predicted molar refractivity (Wildman–Crippen MR) is 131 cm³/mol. The number of aliphatic hydroxyl groups excluding tert-OH is 1. The fourth-order valence-electron chi connectivity index (χ4n) is 4.03. The van der Waals surface area contributed by atoms with E-state index in [1.165, 1.54) is 4.90 Å². The molecular weight excluding hydrogens is 428 g/mol. The number of hydrogen-bond acceptors (Lipinski definition) is 5. The van der Waals surface area contributed by atoms with Crippen LogP contribution >= 0.6 is 0 Å². The molecule has 0 saturated carbocycles. The molecule has 1 unspecified atom stereocenters. The fraction of sp³-hybridized carbons (Fsp3) is 0.214. The maximum Gasteiger partial charge on any atom is 0.295 e. The van der Waals surface area contributed by atoms with E-state index in [-0.39, 0.29) is 11.3 Å².